The molecular weight excluding hydrogens is 517 g/mol. The predicted molar refractivity (Wildman–Crippen MR) is 104 cm³/mol. The largest absolute Gasteiger partial charge is 0.490 e. The Kier molecular flexibility index (Phi) is 8.45. The molecule has 0 spiro atoms. The molecule has 3 unspecified atom stereocenters. The maximum absolute atomic E-state index is 11.9. The van der Waals surface area contributed by atoms with Gasteiger partial charge in [0.25, 0.3) is 0 Å². The van der Waals surface area contributed by atoms with Crippen LogP contribution in [0.1, 0.15) is 6.92 Å². The Morgan fingerprint density at radius 2 is 1.82 bits per heavy atom. The van der Waals surface area contributed by atoms with Gasteiger partial charge in [0.05, 0.1) is 6.61 Å². The molecule has 20 heteroatoms. The van der Waals surface area contributed by atoms with Crippen LogP contribution in [0.15, 0.2) is 24.0 Å². The number of ether oxygens (including phenoxy) is 2. The standard InChI is InChI=1S/C13H21N2O15P3/c1-6-8(4-15(3)13(18)14-6)11-12(27-7(2)16)10(17)9(28-11)5-26-32(22,23)30-33(24,25)29-31(19,20)21/h4,9-12,17H,1,5H2,2-3H3,(H,14,18)(H,22,23)(H,24,25)(H2,19,20,21)/t9-,10+,11+,12?/m1/s1. The molecule has 0 bridgehead atoms. The van der Waals surface area contributed by atoms with Crippen molar-refractivity contribution in [3.05, 3.63) is 24.0 Å². The van der Waals surface area contributed by atoms with E-state index in [0.29, 0.717) is 0 Å². The van der Waals surface area contributed by atoms with E-state index in [1.165, 1.54) is 13.2 Å². The van der Waals surface area contributed by atoms with Crippen LogP contribution in [0.4, 0.5) is 4.79 Å². The topological polar surface area (TPSA) is 248 Å². The van der Waals surface area contributed by atoms with Gasteiger partial charge in [-0.3, -0.25) is 9.32 Å². The number of nitrogens with zero attached hydrogens (tertiary/aromatic N) is 1. The molecule has 2 aliphatic heterocycles. The second kappa shape index (κ2) is 10.0. The Hall–Kier alpha value is -1.45. The monoisotopic (exact) mass is 538 g/mol. The first-order valence-corrected chi connectivity index (χ1v) is 13.2. The van der Waals surface area contributed by atoms with Gasteiger partial charge in [0.2, 0.25) is 0 Å². The molecule has 1 saturated heterocycles. The maximum Gasteiger partial charge on any atom is 0.490 e. The molecule has 1 fully saturated rings. The van der Waals surface area contributed by atoms with E-state index in [0.717, 1.165) is 11.8 Å². The Morgan fingerprint density at radius 3 is 2.36 bits per heavy atom. The number of aliphatic hydroxyl groups is 1. The van der Waals surface area contributed by atoms with Crippen LogP contribution in [0.5, 0.6) is 0 Å². The van der Waals surface area contributed by atoms with Gasteiger partial charge >= 0.3 is 35.5 Å². The molecule has 2 rings (SSSR count). The van der Waals surface area contributed by atoms with Gasteiger partial charge in [0, 0.05) is 31.4 Å². The average molecular weight is 538 g/mol. The van der Waals surface area contributed by atoms with E-state index in [1.807, 2.05) is 0 Å². The fourth-order valence-electron chi connectivity index (χ4n) is 2.80. The van der Waals surface area contributed by atoms with Crippen molar-refractivity contribution >= 4 is 35.5 Å². The number of phosphoric acid groups is 3. The minimum atomic E-state index is -5.74. The third-order valence-electron chi connectivity index (χ3n) is 4.02. The number of urea groups is 1. The summed E-state index contributed by atoms with van der Waals surface area (Å²) in [6, 6.07) is -0.532. The zero-order chi connectivity index (χ0) is 25.4. The normalized spacial score (nSPS) is 29.7. The van der Waals surface area contributed by atoms with Crippen molar-refractivity contribution < 1.29 is 70.6 Å². The van der Waals surface area contributed by atoms with Crippen LogP contribution in [0, 0.1) is 0 Å². The third kappa shape index (κ3) is 7.79. The molecular formula is C13H21N2O15P3. The van der Waals surface area contributed by atoms with Crippen LogP contribution in [-0.4, -0.2) is 79.7 Å². The number of phosphoric ester groups is 1. The number of hydrogen-bond donors (Lipinski definition) is 6. The van der Waals surface area contributed by atoms with Gasteiger partial charge in [0.1, 0.15) is 18.3 Å². The Balaban J connectivity index is 2.17. The third-order valence-corrected chi connectivity index (χ3v) is 7.83. The minimum Gasteiger partial charge on any atom is -0.457 e. The van der Waals surface area contributed by atoms with Crippen molar-refractivity contribution in [1.29, 1.82) is 0 Å². The smallest absolute Gasteiger partial charge is 0.457 e. The zero-order valence-electron chi connectivity index (χ0n) is 16.9. The summed E-state index contributed by atoms with van der Waals surface area (Å²) in [7, 11) is -15.4. The van der Waals surface area contributed by atoms with Gasteiger partial charge in [-0.1, -0.05) is 6.58 Å². The molecule has 188 valence electrons. The van der Waals surface area contributed by atoms with Gasteiger partial charge in [-0.15, -0.1) is 0 Å². The van der Waals surface area contributed by atoms with E-state index < -0.39 is 66.5 Å². The van der Waals surface area contributed by atoms with Gasteiger partial charge in [-0.2, -0.15) is 8.62 Å². The second-order valence-corrected chi connectivity index (χ2v) is 11.1. The van der Waals surface area contributed by atoms with Gasteiger partial charge in [-0.05, 0) is 0 Å². The fourth-order valence-corrected chi connectivity index (χ4v) is 5.83. The number of carbonyl (C=O) groups is 2. The van der Waals surface area contributed by atoms with Crippen LogP contribution in [0.25, 0.3) is 0 Å². The summed E-state index contributed by atoms with van der Waals surface area (Å²) in [5, 5.41) is 12.9. The van der Waals surface area contributed by atoms with E-state index in [-0.39, 0.29) is 11.3 Å². The van der Waals surface area contributed by atoms with Crippen molar-refractivity contribution in [2.45, 2.75) is 31.3 Å². The van der Waals surface area contributed by atoms with Gasteiger partial charge in [-0.25, -0.2) is 18.5 Å². The maximum atomic E-state index is 11.9. The van der Waals surface area contributed by atoms with Crippen LogP contribution in [0.2, 0.25) is 0 Å². The summed E-state index contributed by atoms with van der Waals surface area (Å²) < 4.78 is 56.2. The summed E-state index contributed by atoms with van der Waals surface area (Å²) in [5.41, 5.74) is 0.240. The lowest BCUT2D eigenvalue weighted by Crippen LogP contribution is -2.44. The molecule has 0 aromatic carbocycles. The van der Waals surface area contributed by atoms with Crippen molar-refractivity contribution in [2.75, 3.05) is 13.7 Å². The van der Waals surface area contributed by atoms with Gasteiger partial charge in [0.15, 0.2) is 6.10 Å². The number of rotatable bonds is 9. The highest BCUT2D eigenvalue weighted by Crippen LogP contribution is 2.66. The molecule has 33 heavy (non-hydrogen) atoms. The van der Waals surface area contributed by atoms with Crippen LogP contribution in [-0.2, 0) is 41.1 Å². The summed E-state index contributed by atoms with van der Waals surface area (Å²) >= 11 is 0. The van der Waals surface area contributed by atoms with E-state index in [1.54, 1.807) is 0 Å². The summed E-state index contributed by atoms with van der Waals surface area (Å²) in [4.78, 5) is 60.1. The lowest BCUT2D eigenvalue weighted by atomic mass is 9.99. The first-order chi connectivity index (χ1) is 14.9. The van der Waals surface area contributed by atoms with Crippen molar-refractivity contribution in [1.82, 2.24) is 10.2 Å². The number of carbonyl (C=O) groups excluding carboxylic acids is 2. The summed E-state index contributed by atoms with van der Waals surface area (Å²) in [5.74, 6) is -0.819. The minimum absolute atomic E-state index is 0.0565. The number of aliphatic hydroxyl groups excluding tert-OH is 1. The van der Waals surface area contributed by atoms with E-state index in [9.17, 15) is 38.2 Å². The van der Waals surface area contributed by atoms with E-state index in [2.05, 4.69) is 25.0 Å². The Morgan fingerprint density at radius 1 is 1.21 bits per heavy atom. The SMILES string of the molecule is C=C1NC(=O)N(C)C=C1[C@@H]1O[C@H](COP(=O)(O)OP(=O)(O)OP(=O)(O)O)[C@H](O)C1OC(C)=O. The number of amides is 2. The molecule has 2 aliphatic rings. The first kappa shape index (κ1) is 27.8. The lowest BCUT2D eigenvalue weighted by molar-refractivity contribution is -0.151. The molecule has 0 aromatic heterocycles. The van der Waals surface area contributed by atoms with E-state index in [4.69, 9.17) is 19.3 Å². The molecule has 2 heterocycles. The van der Waals surface area contributed by atoms with Crippen molar-refractivity contribution in [2.24, 2.45) is 0 Å². The van der Waals surface area contributed by atoms with Crippen LogP contribution >= 0.6 is 23.5 Å². The molecule has 6 N–H and O–H groups in total. The van der Waals surface area contributed by atoms with Crippen LogP contribution < -0.4 is 5.32 Å². The Bertz CT molecular complexity index is 992. The molecule has 6 atom stereocenters. The lowest BCUT2D eigenvalue weighted by Gasteiger charge is -2.29. The highest BCUT2D eigenvalue weighted by molar-refractivity contribution is 7.66. The summed E-state index contributed by atoms with van der Waals surface area (Å²) in [6.07, 6.45) is -4.47. The van der Waals surface area contributed by atoms with Crippen molar-refractivity contribution in [3.63, 3.8) is 0 Å². The molecule has 0 radical (unpaired) electrons. The fraction of sp³-hybridized carbons (Fsp3) is 0.538. The molecule has 2 amide bonds. The average Bonchev–Trinajstić information content (AvgIpc) is 2.89. The van der Waals surface area contributed by atoms with Crippen LogP contribution in [0.3, 0.4) is 0 Å². The van der Waals surface area contributed by atoms with Crippen molar-refractivity contribution in [3.8, 4) is 0 Å². The Labute approximate surface area is 186 Å². The predicted octanol–water partition coefficient (Wildman–Crippen LogP) is -0.558. The highest BCUT2D eigenvalue weighted by atomic mass is 31.3. The van der Waals surface area contributed by atoms with E-state index >= 15 is 0 Å². The first-order valence-electron chi connectivity index (χ1n) is 8.65. The molecule has 17 nitrogen and oxygen atoms in total. The number of nitrogens with one attached hydrogen (secondary N) is 1. The molecule has 0 saturated carbocycles. The quantitative estimate of drug-likeness (QED) is 0.159. The number of hydrogen-bond acceptors (Lipinski definition) is 11. The van der Waals surface area contributed by atoms with Gasteiger partial charge < -0.3 is 44.4 Å². The zero-order valence-corrected chi connectivity index (χ0v) is 19.6. The molecule has 0 aliphatic carbocycles. The second-order valence-electron chi connectivity index (χ2n) is 6.65. The highest BCUT2D eigenvalue weighted by Gasteiger charge is 2.50. The number of esters is 1. The summed E-state index contributed by atoms with van der Waals surface area (Å²) in [6.45, 7) is 3.70. The molecule has 0 aromatic rings.